The van der Waals surface area contributed by atoms with Crippen LogP contribution in [-0.4, -0.2) is 31.6 Å². The highest BCUT2D eigenvalue weighted by molar-refractivity contribution is 5.98. The zero-order valence-electron chi connectivity index (χ0n) is 13.2. The van der Waals surface area contributed by atoms with E-state index in [4.69, 9.17) is 5.73 Å². The van der Waals surface area contributed by atoms with Gasteiger partial charge in [-0.2, -0.15) is 0 Å². The Kier molecular flexibility index (Phi) is 5.62. The summed E-state index contributed by atoms with van der Waals surface area (Å²) >= 11 is 0. The van der Waals surface area contributed by atoms with Gasteiger partial charge in [-0.25, -0.2) is 0 Å². The summed E-state index contributed by atoms with van der Waals surface area (Å²) in [4.78, 5) is 14.1. The predicted molar refractivity (Wildman–Crippen MR) is 87.8 cm³/mol. The van der Waals surface area contributed by atoms with Crippen LogP contribution < -0.4 is 16.0 Å². The van der Waals surface area contributed by atoms with Crippen molar-refractivity contribution in [1.29, 1.82) is 0 Å². The molecule has 0 saturated carbocycles. The van der Waals surface area contributed by atoms with E-state index in [1.165, 1.54) is 12.8 Å². The van der Waals surface area contributed by atoms with Gasteiger partial charge in [0, 0.05) is 24.8 Å². The number of rotatable bonds is 7. The molecule has 1 amide bonds. The number of nitrogens with zero attached hydrogens (tertiary/aromatic N) is 1. The van der Waals surface area contributed by atoms with E-state index in [1.54, 1.807) is 0 Å². The maximum atomic E-state index is 11.7. The Balaban J connectivity index is 2.25. The summed E-state index contributed by atoms with van der Waals surface area (Å²) in [5.41, 5.74) is 8.35. The molecule has 0 aliphatic carbocycles. The third-order valence-electron chi connectivity index (χ3n) is 4.14. The first kappa shape index (κ1) is 15.8. The molecule has 0 radical (unpaired) electrons. The number of amides is 1. The highest BCUT2D eigenvalue weighted by Crippen LogP contribution is 2.24. The number of hydrogen-bond donors (Lipinski definition) is 2. The van der Waals surface area contributed by atoms with Crippen molar-refractivity contribution < 1.29 is 4.79 Å². The van der Waals surface area contributed by atoms with Gasteiger partial charge in [0.2, 0.25) is 0 Å². The zero-order chi connectivity index (χ0) is 15.2. The molecule has 21 heavy (non-hydrogen) atoms. The fraction of sp³-hybridized carbons (Fsp3) is 0.588. The number of carbonyl (C=O) groups excluding carboxylic acids is 1. The Hall–Kier alpha value is -1.55. The van der Waals surface area contributed by atoms with Crippen LogP contribution in [0.4, 0.5) is 5.69 Å². The lowest BCUT2D eigenvalue weighted by Crippen LogP contribution is -2.39. The van der Waals surface area contributed by atoms with E-state index in [-0.39, 0.29) is 5.91 Å². The normalized spacial score (nSPS) is 17.9. The summed E-state index contributed by atoms with van der Waals surface area (Å²) in [6, 6.07) is 6.41. The summed E-state index contributed by atoms with van der Waals surface area (Å²) < 4.78 is 0. The van der Waals surface area contributed by atoms with E-state index in [9.17, 15) is 4.79 Å². The molecule has 116 valence electrons. The molecule has 4 heteroatoms. The van der Waals surface area contributed by atoms with Gasteiger partial charge in [0.05, 0.1) is 5.56 Å². The lowest BCUT2D eigenvalue weighted by atomic mass is 10.1. The second-order valence-electron chi connectivity index (χ2n) is 5.98. The van der Waals surface area contributed by atoms with Crippen LogP contribution in [0, 0.1) is 6.92 Å². The molecule has 0 bridgehead atoms. The van der Waals surface area contributed by atoms with E-state index >= 15 is 0 Å². The van der Waals surface area contributed by atoms with Gasteiger partial charge < -0.3 is 16.0 Å². The molecule has 1 atom stereocenters. The van der Waals surface area contributed by atoms with Crippen LogP contribution in [-0.2, 0) is 0 Å². The Labute approximate surface area is 127 Å². The van der Waals surface area contributed by atoms with Gasteiger partial charge in [0.25, 0.3) is 5.91 Å². The van der Waals surface area contributed by atoms with Crippen LogP contribution in [0.1, 0.15) is 48.5 Å². The van der Waals surface area contributed by atoms with Crippen molar-refractivity contribution in [2.75, 3.05) is 24.5 Å². The van der Waals surface area contributed by atoms with Gasteiger partial charge in [-0.15, -0.1) is 0 Å². The Morgan fingerprint density at radius 1 is 1.48 bits per heavy atom. The van der Waals surface area contributed by atoms with Gasteiger partial charge in [0.15, 0.2) is 0 Å². The van der Waals surface area contributed by atoms with Gasteiger partial charge in [0.1, 0.15) is 0 Å². The van der Waals surface area contributed by atoms with Crippen LogP contribution in [0.25, 0.3) is 0 Å². The highest BCUT2D eigenvalue weighted by Gasteiger charge is 2.21. The Morgan fingerprint density at radius 3 is 2.90 bits per heavy atom. The van der Waals surface area contributed by atoms with Crippen LogP contribution in [0.3, 0.4) is 0 Å². The van der Waals surface area contributed by atoms with Crippen molar-refractivity contribution in [2.24, 2.45) is 5.73 Å². The van der Waals surface area contributed by atoms with Gasteiger partial charge >= 0.3 is 0 Å². The number of benzene rings is 1. The van der Waals surface area contributed by atoms with Crippen LogP contribution in [0.15, 0.2) is 18.2 Å². The average molecular weight is 289 g/mol. The van der Waals surface area contributed by atoms with E-state index in [0.29, 0.717) is 11.6 Å². The smallest absolute Gasteiger partial charge is 0.250 e. The van der Waals surface area contributed by atoms with E-state index in [2.05, 4.69) is 30.1 Å². The molecule has 1 aromatic rings. The number of unbranched alkanes of at least 4 members (excludes halogenated alkanes) is 1. The number of nitrogens with one attached hydrogen (secondary N) is 1. The molecule has 1 fully saturated rings. The second kappa shape index (κ2) is 7.46. The standard InChI is InChI=1S/C17H27N3O/c1-3-4-10-20(12-14-6-5-9-19-14)16-11-13(2)7-8-15(16)17(18)21/h7-8,11,14,19H,3-6,9-10,12H2,1-2H3,(H2,18,21). The van der Waals surface area contributed by atoms with Crippen molar-refractivity contribution in [3.63, 3.8) is 0 Å². The Morgan fingerprint density at radius 2 is 2.29 bits per heavy atom. The Bertz CT molecular complexity index is 481. The van der Waals surface area contributed by atoms with E-state index in [0.717, 1.165) is 43.7 Å². The molecule has 3 N–H and O–H groups in total. The van der Waals surface area contributed by atoms with Crippen LogP contribution in [0.2, 0.25) is 0 Å². The third-order valence-corrected chi connectivity index (χ3v) is 4.14. The minimum absolute atomic E-state index is 0.342. The lowest BCUT2D eigenvalue weighted by Gasteiger charge is -2.29. The first-order chi connectivity index (χ1) is 10.1. The van der Waals surface area contributed by atoms with Crippen LogP contribution >= 0.6 is 0 Å². The maximum absolute atomic E-state index is 11.7. The van der Waals surface area contributed by atoms with E-state index < -0.39 is 0 Å². The SMILES string of the molecule is CCCCN(CC1CCCN1)c1cc(C)ccc1C(N)=O. The van der Waals surface area contributed by atoms with Crippen molar-refractivity contribution >= 4 is 11.6 Å². The molecule has 1 heterocycles. The first-order valence-corrected chi connectivity index (χ1v) is 8.00. The van der Waals surface area contributed by atoms with E-state index in [1.807, 2.05) is 12.1 Å². The molecule has 1 unspecified atom stereocenters. The fourth-order valence-electron chi connectivity index (χ4n) is 2.95. The molecule has 0 aromatic heterocycles. The number of anilines is 1. The number of hydrogen-bond acceptors (Lipinski definition) is 3. The molecule has 2 rings (SSSR count). The summed E-state index contributed by atoms with van der Waals surface area (Å²) in [7, 11) is 0. The molecule has 4 nitrogen and oxygen atoms in total. The molecule has 1 aliphatic rings. The summed E-state index contributed by atoms with van der Waals surface area (Å²) in [5.74, 6) is -0.342. The summed E-state index contributed by atoms with van der Waals surface area (Å²) in [6.07, 6.45) is 4.72. The third kappa shape index (κ3) is 4.21. The monoisotopic (exact) mass is 289 g/mol. The van der Waals surface area contributed by atoms with Crippen molar-refractivity contribution in [3.05, 3.63) is 29.3 Å². The minimum Gasteiger partial charge on any atom is -0.369 e. The average Bonchev–Trinajstić information content (AvgIpc) is 2.96. The van der Waals surface area contributed by atoms with Gasteiger partial charge in [-0.05, 0) is 50.4 Å². The van der Waals surface area contributed by atoms with Crippen LogP contribution in [0.5, 0.6) is 0 Å². The number of aryl methyl sites for hydroxylation is 1. The van der Waals surface area contributed by atoms with Crippen molar-refractivity contribution in [3.8, 4) is 0 Å². The highest BCUT2D eigenvalue weighted by atomic mass is 16.1. The topological polar surface area (TPSA) is 58.4 Å². The van der Waals surface area contributed by atoms with Gasteiger partial charge in [-0.3, -0.25) is 4.79 Å². The predicted octanol–water partition coefficient (Wildman–Crippen LogP) is 2.45. The second-order valence-corrected chi connectivity index (χ2v) is 5.98. The van der Waals surface area contributed by atoms with Crippen molar-refractivity contribution in [2.45, 2.75) is 45.6 Å². The quantitative estimate of drug-likeness (QED) is 0.810. The maximum Gasteiger partial charge on any atom is 0.250 e. The fourth-order valence-corrected chi connectivity index (χ4v) is 2.95. The molecule has 0 spiro atoms. The zero-order valence-corrected chi connectivity index (χ0v) is 13.2. The number of nitrogens with two attached hydrogens (primary N) is 1. The molecular formula is C17H27N3O. The number of primary amides is 1. The van der Waals surface area contributed by atoms with Crippen molar-refractivity contribution in [1.82, 2.24) is 5.32 Å². The number of carbonyl (C=O) groups is 1. The molecule has 1 aliphatic heterocycles. The molecule has 1 saturated heterocycles. The van der Waals surface area contributed by atoms with Gasteiger partial charge in [-0.1, -0.05) is 19.4 Å². The summed E-state index contributed by atoms with van der Waals surface area (Å²) in [6.45, 7) is 7.27. The molecule has 1 aromatic carbocycles. The minimum atomic E-state index is -0.342. The largest absolute Gasteiger partial charge is 0.369 e. The molecular weight excluding hydrogens is 262 g/mol. The first-order valence-electron chi connectivity index (χ1n) is 8.00. The summed E-state index contributed by atoms with van der Waals surface area (Å²) in [5, 5.41) is 3.54. The lowest BCUT2D eigenvalue weighted by molar-refractivity contribution is 0.100.